The number of piperidine rings is 1. The normalized spacial score (nSPS) is 45.0. The highest BCUT2D eigenvalue weighted by atomic mass is 14.9. The predicted octanol–water partition coefficient (Wildman–Crippen LogP) is 0.820. The lowest BCUT2D eigenvalue weighted by Gasteiger charge is -2.18. The summed E-state index contributed by atoms with van der Waals surface area (Å²) < 4.78 is 0. The molecule has 1 heteroatoms. The molecule has 2 aliphatic rings. The lowest BCUT2D eigenvalue weighted by Crippen LogP contribution is -2.30. The summed E-state index contributed by atoms with van der Waals surface area (Å²) in [6, 6.07) is 0. The van der Waals surface area contributed by atoms with Crippen LogP contribution >= 0.6 is 0 Å². The van der Waals surface area contributed by atoms with E-state index >= 15 is 0 Å². The molecule has 1 aliphatic heterocycles. The first-order valence-corrected chi connectivity index (χ1v) is 3.49. The Morgan fingerprint density at radius 1 is 1.38 bits per heavy atom. The van der Waals surface area contributed by atoms with Gasteiger partial charge in [-0.3, -0.25) is 0 Å². The fourth-order valence-corrected chi connectivity index (χ4v) is 1.81. The van der Waals surface area contributed by atoms with Crippen molar-refractivity contribution in [2.24, 2.45) is 11.8 Å². The van der Waals surface area contributed by atoms with Crippen molar-refractivity contribution >= 4 is 0 Å². The zero-order valence-corrected chi connectivity index (χ0v) is 5.06. The minimum atomic E-state index is 0.925. The topological polar surface area (TPSA) is 12.0 Å². The Morgan fingerprint density at radius 2 is 2.38 bits per heavy atom. The molecule has 2 bridgehead atoms. The molecule has 1 aliphatic carbocycles. The van der Waals surface area contributed by atoms with Gasteiger partial charge in [0.15, 0.2) is 0 Å². The highest BCUT2D eigenvalue weighted by Gasteiger charge is 2.27. The molecular formula is C7H12N. The maximum absolute atomic E-state index is 3.42. The first-order chi connectivity index (χ1) is 3.95. The van der Waals surface area contributed by atoms with Crippen molar-refractivity contribution in [1.82, 2.24) is 5.32 Å². The highest BCUT2D eigenvalue weighted by molar-refractivity contribution is 4.94. The van der Waals surface area contributed by atoms with E-state index in [1.165, 1.54) is 25.9 Å². The summed E-state index contributed by atoms with van der Waals surface area (Å²) in [6.45, 7) is 2.52. The monoisotopic (exact) mass is 110 g/mol. The summed E-state index contributed by atoms with van der Waals surface area (Å²) >= 11 is 0. The van der Waals surface area contributed by atoms with Crippen LogP contribution in [0, 0.1) is 18.3 Å². The number of rotatable bonds is 0. The predicted molar refractivity (Wildman–Crippen MR) is 33.4 cm³/mol. The van der Waals surface area contributed by atoms with Crippen LogP contribution in [0.5, 0.6) is 0 Å². The van der Waals surface area contributed by atoms with Crippen molar-refractivity contribution < 1.29 is 0 Å². The van der Waals surface area contributed by atoms with Gasteiger partial charge in [-0.25, -0.2) is 0 Å². The SMILES string of the molecule is [CH]1CC2CNCC1C2. The minimum Gasteiger partial charge on any atom is -0.316 e. The van der Waals surface area contributed by atoms with Crippen LogP contribution in [0.3, 0.4) is 0 Å². The Labute approximate surface area is 50.5 Å². The van der Waals surface area contributed by atoms with Gasteiger partial charge in [0, 0.05) is 0 Å². The van der Waals surface area contributed by atoms with Gasteiger partial charge in [-0.05, 0) is 44.2 Å². The summed E-state index contributed by atoms with van der Waals surface area (Å²) in [5, 5.41) is 3.42. The molecule has 45 valence electrons. The fraction of sp³-hybridized carbons (Fsp3) is 0.857. The molecule has 2 fully saturated rings. The Bertz CT molecular complexity index is 76.4. The molecule has 0 aromatic heterocycles. The molecule has 1 radical (unpaired) electrons. The number of hydrogen-bond acceptors (Lipinski definition) is 1. The zero-order valence-electron chi connectivity index (χ0n) is 5.06. The van der Waals surface area contributed by atoms with Crippen molar-refractivity contribution in [2.45, 2.75) is 12.8 Å². The van der Waals surface area contributed by atoms with E-state index in [-0.39, 0.29) is 0 Å². The van der Waals surface area contributed by atoms with E-state index in [0.29, 0.717) is 0 Å². The third-order valence-electron chi connectivity index (χ3n) is 2.28. The van der Waals surface area contributed by atoms with Gasteiger partial charge in [0.25, 0.3) is 0 Å². The maximum atomic E-state index is 3.42. The van der Waals surface area contributed by atoms with Gasteiger partial charge < -0.3 is 5.32 Å². The smallest absolute Gasteiger partial charge is 0.00175 e. The number of fused-ring (bicyclic) bond motifs is 2. The van der Waals surface area contributed by atoms with Gasteiger partial charge in [0.2, 0.25) is 0 Å². The summed E-state index contributed by atoms with van der Waals surface area (Å²) in [7, 11) is 0. The van der Waals surface area contributed by atoms with Gasteiger partial charge in [-0.2, -0.15) is 0 Å². The molecule has 0 spiro atoms. The van der Waals surface area contributed by atoms with E-state index in [4.69, 9.17) is 0 Å². The van der Waals surface area contributed by atoms with Crippen LogP contribution in [-0.4, -0.2) is 13.1 Å². The summed E-state index contributed by atoms with van der Waals surface area (Å²) in [4.78, 5) is 0. The lowest BCUT2D eigenvalue weighted by atomic mass is 10.0. The van der Waals surface area contributed by atoms with E-state index < -0.39 is 0 Å². The fourth-order valence-electron chi connectivity index (χ4n) is 1.81. The minimum absolute atomic E-state index is 0.925. The molecule has 0 aromatic rings. The van der Waals surface area contributed by atoms with E-state index in [2.05, 4.69) is 11.7 Å². The molecule has 1 N–H and O–H groups in total. The molecule has 2 rings (SSSR count). The average Bonchev–Trinajstić information content (AvgIpc) is 2.12. The van der Waals surface area contributed by atoms with E-state index in [1.54, 1.807) is 0 Å². The molecule has 1 nitrogen and oxygen atoms in total. The Kier molecular flexibility index (Phi) is 1.04. The quantitative estimate of drug-likeness (QED) is 0.487. The van der Waals surface area contributed by atoms with E-state index in [1.807, 2.05) is 0 Å². The van der Waals surface area contributed by atoms with E-state index in [9.17, 15) is 0 Å². The second kappa shape index (κ2) is 1.73. The Balaban J connectivity index is 2.03. The molecule has 2 atom stereocenters. The van der Waals surface area contributed by atoms with Crippen molar-refractivity contribution in [1.29, 1.82) is 0 Å². The number of hydrogen-bond donors (Lipinski definition) is 1. The van der Waals surface area contributed by atoms with Crippen molar-refractivity contribution in [3.8, 4) is 0 Å². The first-order valence-electron chi connectivity index (χ1n) is 3.49. The van der Waals surface area contributed by atoms with Gasteiger partial charge in [-0.1, -0.05) is 0 Å². The lowest BCUT2D eigenvalue weighted by molar-refractivity contribution is 0.387. The zero-order chi connectivity index (χ0) is 5.40. The van der Waals surface area contributed by atoms with Crippen molar-refractivity contribution in [2.75, 3.05) is 13.1 Å². The standard InChI is InChI=1S/C7H12N/c1-2-7-3-6(1)4-8-5-7/h1,6-8H,2-5H2. The van der Waals surface area contributed by atoms with Crippen molar-refractivity contribution in [3.63, 3.8) is 0 Å². The van der Waals surface area contributed by atoms with E-state index in [0.717, 1.165) is 11.8 Å². The second-order valence-corrected chi connectivity index (χ2v) is 2.99. The van der Waals surface area contributed by atoms with Crippen LogP contribution in [-0.2, 0) is 0 Å². The summed E-state index contributed by atoms with van der Waals surface area (Å²) in [6.07, 6.45) is 5.31. The van der Waals surface area contributed by atoms with Gasteiger partial charge >= 0.3 is 0 Å². The first kappa shape index (κ1) is 4.80. The number of nitrogens with one attached hydrogen (secondary N) is 1. The molecule has 8 heavy (non-hydrogen) atoms. The van der Waals surface area contributed by atoms with Gasteiger partial charge in [-0.15, -0.1) is 0 Å². The molecule has 1 heterocycles. The van der Waals surface area contributed by atoms with Gasteiger partial charge in [0.05, 0.1) is 0 Å². The third-order valence-corrected chi connectivity index (χ3v) is 2.28. The molecule has 1 saturated carbocycles. The van der Waals surface area contributed by atoms with Crippen LogP contribution in [0.2, 0.25) is 0 Å². The average molecular weight is 110 g/mol. The van der Waals surface area contributed by atoms with Crippen LogP contribution < -0.4 is 5.32 Å². The highest BCUT2D eigenvalue weighted by Crippen LogP contribution is 2.31. The summed E-state index contributed by atoms with van der Waals surface area (Å²) in [5.74, 6) is 1.92. The Hall–Kier alpha value is -0.0400. The molecule has 2 unspecified atom stereocenters. The van der Waals surface area contributed by atoms with Crippen LogP contribution in [0.15, 0.2) is 0 Å². The van der Waals surface area contributed by atoms with Crippen LogP contribution in [0.25, 0.3) is 0 Å². The Morgan fingerprint density at radius 3 is 3.12 bits per heavy atom. The van der Waals surface area contributed by atoms with Crippen LogP contribution in [0.1, 0.15) is 12.8 Å². The van der Waals surface area contributed by atoms with Crippen molar-refractivity contribution in [3.05, 3.63) is 6.42 Å². The third kappa shape index (κ3) is 0.655. The molecular weight excluding hydrogens is 98.1 g/mol. The summed E-state index contributed by atoms with van der Waals surface area (Å²) in [5.41, 5.74) is 0. The largest absolute Gasteiger partial charge is 0.316 e. The molecule has 1 saturated heterocycles. The second-order valence-electron chi connectivity index (χ2n) is 2.99. The molecule has 0 aromatic carbocycles. The maximum Gasteiger partial charge on any atom is -0.00175 e. The molecule has 0 amide bonds. The van der Waals surface area contributed by atoms with Gasteiger partial charge in [0.1, 0.15) is 0 Å². The van der Waals surface area contributed by atoms with Crippen LogP contribution in [0.4, 0.5) is 0 Å².